The van der Waals surface area contributed by atoms with Crippen molar-refractivity contribution in [3.8, 4) is 0 Å². The number of hydrogen-bond acceptors (Lipinski definition) is 8. The van der Waals surface area contributed by atoms with Gasteiger partial charge < -0.3 is 19.3 Å². The quantitative estimate of drug-likeness (QED) is 0.428. The van der Waals surface area contributed by atoms with Crippen molar-refractivity contribution in [1.82, 2.24) is 0 Å². The molecule has 0 aromatic carbocycles. The molecule has 0 amide bonds. The maximum atomic E-state index is 12.5. The van der Waals surface area contributed by atoms with E-state index in [9.17, 15) is 24.3 Å². The first-order valence-corrected chi connectivity index (χ1v) is 9.34. The highest BCUT2D eigenvalue weighted by Gasteiger charge is 2.40. The first-order valence-electron chi connectivity index (χ1n) is 9.34. The van der Waals surface area contributed by atoms with Crippen LogP contribution in [0.15, 0.2) is 35.1 Å². The standard InChI is InChI=1S/C21H26O8/c1-11(2)19(24)28-16-8-12(3)15(23)6-7-21(5,26)9-17-18(16)14(20(25)29-17)10-27-13(4)22/h9,12,16,26H,1,6-8,10H2,2-5H3/b17-9-/t12-,16+,21+/m1/s1. The van der Waals surface area contributed by atoms with Gasteiger partial charge in [0, 0.05) is 30.4 Å². The largest absolute Gasteiger partial charge is 0.461 e. The lowest BCUT2D eigenvalue weighted by molar-refractivity contribution is -0.144. The fraction of sp³-hybridized carbons (Fsp3) is 0.524. The van der Waals surface area contributed by atoms with E-state index < -0.39 is 35.5 Å². The van der Waals surface area contributed by atoms with Crippen LogP contribution >= 0.6 is 0 Å². The molecule has 1 aliphatic heterocycles. The Morgan fingerprint density at radius 3 is 2.59 bits per heavy atom. The number of Topliss-reactive ketones (excluding diaryl/α,β-unsaturated/α-hetero) is 1. The van der Waals surface area contributed by atoms with Gasteiger partial charge in [-0.25, -0.2) is 9.59 Å². The third-order valence-corrected chi connectivity index (χ3v) is 4.82. The van der Waals surface area contributed by atoms with E-state index in [2.05, 4.69) is 6.58 Å². The van der Waals surface area contributed by atoms with Crippen molar-refractivity contribution >= 4 is 23.7 Å². The summed E-state index contributed by atoms with van der Waals surface area (Å²) < 4.78 is 15.8. The molecule has 3 atom stereocenters. The van der Waals surface area contributed by atoms with Crippen LogP contribution in [0, 0.1) is 5.92 Å². The molecule has 0 saturated heterocycles. The third-order valence-electron chi connectivity index (χ3n) is 4.82. The minimum absolute atomic E-state index is 0.00184. The number of fused-ring (bicyclic) bond motifs is 1. The van der Waals surface area contributed by atoms with E-state index in [0.29, 0.717) is 0 Å². The van der Waals surface area contributed by atoms with E-state index in [1.165, 1.54) is 26.8 Å². The zero-order chi connectivity index (χ0) is 21.9. The molecule has 158 valence electrons. The molecule has 29 heavy (non-hydrogen) atoms. The summed E-state index contributed by atoms with van der Waals surface area (Å²) in [6.45, 7) is 9.02. The monoisotopic (exact) mass is 406 g/mol. The summed E-state index contributed by atoms with van der Waals surface area (Å²) in [6.07, 6.45) is 0.667. The number of carbonyl (C=O) groups excluding carboxylic acids is 4. The van der Waals surface area contributed by atoms with Gasteiger partial charge >= 0.3 is 17.9 Å². The summed E-state index contributed by atoms with van der Waals surface area (Å²) in [7, 11) is 0. The van der Waals surface area contributed by atoms with Crippen LogP contribution in [-0.4, -0.2) is 47.1 Å². The maximum Gasteiger partial charge on any atom is 0.343 e. The molecule has 1 aliphatic carbocycles. The van der Waals surface area contributed by atoms with Crippen molar-refractivity contribution < 1.29 is 38.5 Å². The molecule has 0 aromatic heterocycles. The lowest BCUT2D eigenvalue weighted by Crippen LogP contribution is -2.31. The summed E-state index contributed by atoms with van der Waals surface area (Å²) in [5.41, 5.74) is -1.10. The Kier molecular flexibility index (Phi) is 6.79. The van der Waals surface area contributed by atoms with Gasteiger partial charge in [-0.05, 0) is 32.8 Å². The molecule has 0 saturated carbocycles. The van der Waals surface area contributed by atoms with Crippen LogP contribution in [-0.2, 0) is 33.4 Å². The third kappa shape index (κ3) is 5.63. The Hall–Kier alpha value is -2.74. The van der Waals surface area contributed by atoms with E-state index in [4.69, 9.17) is 14.2 Å². The summed E-state index contributed by atoms with van der Waals surface area (Å²) in [5, 5.41) is 10.6. The number of carbonyl (C=O) groups is 4. The average molecular weight is 406 g/mol. The van der Waals surface area contributed by atoms with Crippen LogP contribution in [0.5, 0.6) is 0 Å². The number of ketones is 1. The Bertz CT molecular complexity index is 815. The van der Waals surface area contributed by atoms with Crippen LogP contribution in [0.1, 0.15) is 47.0 Å². The summed E-state index contributed by atoms with van der Waals surface area (Å²) in [6, 6.07) is 0. The SMILES string of the molecule is C=C(C)C(=O)O[C@H]1C[C@@H](C)C(=O)CC[C@](C)(O)/C=C2\OC(=O)C(COC(C)=O)=C21. The van der Waals surface area contributed by atoms with Crippen LogP contribution < -0.4 is 0 Å². The molecular weight excluding hydrogens is 380 g/mol. The van der Waals surface area contributed by atoms with Crippen molar-refractivity contribution in [2.75, 3.05) is 6.61 Å². The van der Waals surface area contributed by atoms with E-state index in [1.54, 1.807) is 6.92 Å². The van der Waals surface area contributed by atoms with Gasteiger partial charge in [-0.15, -0.1) is 0 Å². The normalized spacial score (nSPS) is 29.3. The molecule has 0 radical (unpaired) electrons. The van der Waals surface area contributed by atoms with Crippen molar-refractivity contribution in [3.63, 3.8) is 0 Å². The second-order valence-corrected chi connectivity index (χ2v) is 7.71. The predicted molar refractivity (Wildman–Crippen MR) is 101 cm³/mol. The van der Waals surface area contributed by atoms with Gasteiger partial charge in [0.25, 0.3) is 0 Å². The predicted octanol–water partition coefficient (Wildman–Crippen LogP) is 1.91. The molecule has 2 rings (SSSR count). The average Bonchev–Trinajstić information content (AvgIpc) is 2.90. The number of aliphatic hydroxyl groups is 1. The number of esters is 3. The summed E-state index contributed by atoms with van der Waals surface area (Å²) in [4.78, 5) is 48.4. The van der Waals surface area contributed by atoms with Gasteiger partial charge in [0.05, 0.1) is 11.2 Å². The van der Waals surface area contributed by atoms with E-state index >= 15 is 0 Å². The Morgan fingerprint density at radius 2 is 2.00 bits per heavy atom. The van der Waals surface area contributed by atoms with Gasteiger partial charge in [0.1, 0.15) is 24.3 Å². The fourth-order valence-corrected chi connectivity index (χ4v) is 3.13. The van der Waals surface area contributed by atoms with Gasteiger partial charge in [0.15, 0.2) is 0 Å². The second kappa shape index (κ2) is 8.73. The van der Waals surface area contributed by atoms with Crippen molar-refractivity contribution in [2.45, 2.75) is 58.7 Å². The molecule has 1 N–H and O–H groups in total. The van der Waals surface area contributed by atoms with Crippen LogP contribution in [0.2, 0.25) is 0 Å². The van der Waals surface area contributed by atoms with Gasteiger partial charge in [-0.1, -0.05) is 13.5 Å². The molecule has 2 aliphatic rings. The lowest BCUT2D eigenvalue weighted by atomic mass is 9.85. The molecule has 0 fully saturated rings. The second-order valence-electron chi connectivity index (χ2n) is 7.71. The van der Waals surface area contributed by atoms with E-state index in [1.807, 2.05) is 0 Å². The topological polar surface area (TPSA) is 116 Å². The summed E-state index contributed by atoms with van der Waals surface area (Å²) in [5.74, 6) is -2.65. The Balaban J connectivity index is 2.62. The smallest absolute Gasteiger partial charge is 0.343 e. The highest BCUT2D eigenvalue weighted by molar-refractivity contribution is 5.96. The summed E-state index contributed by atoms with van der Waals surface area (Å²) >= 11 is 0. The lowest BCUT2D eigenvalue weighted by Gasteiger charge is -2.27. The van der Waals surface area contributed by atoms with Crippen LogP contribution in [0.25, 0.3) is 0 Å². The van der Waals surface area contributed by atoms with Gasteiger partial charge in [-0.3, -0.25) is 9.59 Å². The molecule has 0 spiro atoms. The van der Waals surface area contributed by atoms with E-state index in [0.717, 1.165) is 0 Å². The van der Waals surface area contributed by atoms with Crippen molar-refractivity contribution in [3.05, 3.63) is 35.1 Å². The zero-order valence-corrected chi connectivity index (χ0v) is 17.1. The van der Waals surface area contributed by atoms with Gasteiger partial charge in [0.2, 0.25) is 0 Å². The molecule has 0 unspecified atom stereocenters. The number of rotatable bonds is 4. The zero-order valence-electron chi connectivity index (χ0n) is 17.1. The van der Waals surface area contributed by atoms with Crippen LogP contribution in [0.4, 0.5) is 0 Å². The number of hydrogen-bond donors (Lipinski definition) is 1. The minimum Gasteiger partial charge on any atom is -0.461 e. The first kappa shape index (κ1) is 22.5. The highest BCUT2D eigenvalue weighted by atomic mass is 16.6. The van der Waals surface area contributed by atoms with Crippen molar-refractivity contribution in [1.29, 1.82) is 0 Å². The highest BCUT2D eigenvalue weighted by Crippen LogP contribution is 2.37. The molecule has 8 nitrogen and oxygen atoms in total. The minimum atomic E-state index is -1.44. The Labute approximate surface area is 169 Å². The maximum absolute atomic E-state index is 12.5. The number of ether oxygens (including phenoxy) is 3. The van der Waals surface area contributed by atoms with Crippen LogP contribution in [0.3, 0.4) is 0 Å². The molecule has 0 bridgehead atoms. The van der Waals surface area contributed by atoms with Crippen molar-refractivity contribution in [2.24, 2.45) is 5.92 Å². The first-order chi connectivity index (χ1) is 13.4. The molecular formula is C21H26O8. The molecule has 0 aromatic rings. The molecule has 8 heteroatoms. The van der Waals surface area contributed by atoms with Gasteiger partial charge in [-0.2, -0.15) is 0 Å². The van der Waals surface area contributed by atoms with E-state index in [-0.39, 0.29) is 54.1 Å². The molecule has 1 heterocycles. The Morgan fingerprint density at radius 1 is 1.34 bits per heavy atom. The fourth-order valence-electron chi connectivity index (χ4n) is 3.13.